The molecule has 1 heterocycles. The maximum Gasteiger partial charge on any atom is 0.211 e. The van der Waals surface area contributed by atoms with Gasteiger partial charge in [-0.1, -0.05) is 19.3 Å². The molecule has 2 N–H and O–H groups in total. The fourth-order valence-electron chi connectivity index (χ4n) is 3.47. The van der Waals surface area contributed by atoms with Crippen molar-refractivity contribution >= 4 is 10.0 Å². The van der Waals surface area contributed by atoms with Gasteiger partial charge >= 0.3 is 0 Å². The Morgan fingerprint density at radius 2 is 1.95 bits per heavy atom. The van der Waals surface area contributed by atoms with Crippen LogP contribution in [0, 0.1) is 5.92 Å². The van der Waals surface area contributed by atoms with Crippen LogP contribution in [-0.4, -0.2) is 55.9 Å². The van der Waals surface area contributed by atoms with Crippen molar-refractivity contribution in [3.63, 3.8) is 0 Å². The molecule has 118 valence electrons. The zero-order valence-electron chi connectivity index (χ0n) is 12.5. The molecular formula is C14H28N2O3S. The van der Waals surface area contributed by atoms with Gasteiger partial charge in [0.1, 0.15) is 0 Å². The van der Waals surface area contributed by atoms with Crippen LogP contribution in [0.1, 0.15) is 44.9 Å². The Bertz CT molecular complexity index is 405. The van der Waals surface area contributed by atoms with E-state index in [-0.39, 0.29) is 12.1 Å². The van der Waals surface area contributed by atoms with E-state index in [2.05, 4.69) is 5.32 Å². The maximum atomic E-state index is 11.6. The fourth-order valence-corrected chi connectivity index (χ4v) is 4.42. The van der Waals surface area contributed by atoms with Crippen molar-refractivity contribution in [2.24, 2.45) is 5.92 Å². The Morgan fingerprint density at radius 1 is 1.25 bits per heavy atom. The van der Waals surface area contributed by atoms with Crippen molar-refractivity contribution in [1.82, 2.24) is 9.62 Å². The van der Waals surface area contributed by atoms with E-state index in [4.69, 9.17) is 0 Å². The van der Waals surface area contributed by atoms with E-state index in [1.165, 1.54) is 25.5 Å². The van der Waals surface area contributed by atoms with Crippen LogP contribution in [0.25, 0.3) is 0 Å². The molecule has 1 unspecified atom stereocenters. The Hall–Kier alpha value is -0.170. The molecule has 0 aromatic heterocycles. The maximum absolute atomic E-state index is 11.6. The van der Waals surface area contributed by atoms with Gasteiger partial charge < -0.3 is 10.4 Å². The standard InChI is InChI=1S/C14H28N2O3S/c1-20(18,19)16-9-5-6-13(11-16)10-15-14(12-17)7-3-2-4-8-14/h13,15,17H,2-12H2,1H3. The molecule has 6 heteroatoms. The van der Waals surface area contributed by atoms with Gasteiger partial charge in [0.25, 0.3) is 0 Å². The minimum absolute atomic E-state index is 0.119. The van der Waals surface area contributed by atoms with Gasteiger partial charge in [-0.2, -0.15) is 0 Å². The molecule has 1 aliphatic heterocycles. The molecule has 1 atom stereocenters. The van der Waals surface area contributed by atoms with Gasteiger partial charge in [0.15, 0.2) is 0 Å². The van der Waals surface area contributed by atoms with Crippen molar-refractivity contribution in [3.8, 4) is 0 Å². The van der Waals surface area contributed by atoms with Crippen LogP contribution in [0.2, 0.25) is 0 Å². The SMILES string of the molecule is CS(=O)(=O)N1CCCC(CNC2(CO)CCCCC2)C1. The van der Waals surface area contributed by atoms with Gasteiger partial charge in [-0.3, -0.25) is 0 Å². The summed E-state index contributed by atoms with van der Waals surface area (Å²) in [6.45, 7) is 2.27. The van der Waals surface area contributed by atoms with Crippen molar-refractivity contribution in [3.05, 3.63) is 0 Å². The van der Waals surface area contributed by atoms with Crippen molar-refractivity contribution in [1.29, 1.82) is 0 Å². The minimum atomic E-state index is -3.07. The summed E-state index contributed by atoms with van der Waals surface area (Å²) in [5.41, 5.74) is -0.119. The zero-order valence-corrected chi connectivity index (χ0v) is 13.3. The molecule has 0 radical (unpaired) electrons. The number of hydrogen-bond acceptors (Lipinski definition) is 4. The lowest BCUT2D eigenvalue weighted by molar-refractivity contribution is 0.111. The van der Waals surface area contributed by atoms with E-state index in [9.17, 15) is 13.5 Å². The van der Waals surface area contributed by atoms with Crippen LogP contribution in [0.15, 0.2) is 0 Å². The third-order valence-corrected chi connectivity index (χ3v) is 6.10. The quantitative estimate of drug-likeness (QED) is 0.793. The molecule has 2 aliphatic rings. The van der Waals surface area contributed by atoms with E-state index in [0.29, 0.717) is 19.0 Å². The first-order valence-electron chi connectivity index (χ1n) is 7.76. The lowest BCUT2D eigenvalue weighted by Gasteiger charge is -2.39. The van der Waals surface area contributed by atoms with Gasteiger partial charge in [-0.25, -0.2) is 12.7 Å². The molecule has 2 rings (SSSR count). The second kappa shape index (κ2) is 6.73. The van der Waals surface area contributed by atoms with Crippen LogP contribution in [0.5, 0.6) is 0 Å². The number of rotatable bonds is 5. The first kappa shape index (κ1) is 16.2. The van der Waals surface area contributed by atoms with Crippen LogP contribution in [-0.2, 0) is 10.0 Å². The molecule has 5 nitrogen and oxygen atoms in total. The highest BCUT2D eigenvalue weighted by Crippen LogP contribution is 2.28. The van der Waals surface area contributed by atoms with Crippen LogP contribution >= 0.6 is 0 Å². The number of nitrogens with one attached hydrogen (secondary N) is 1. The predicted octanol–water partition coefficient (Wildman–Crippen LogP) is 0.943. The van der Waals surface area contributed by atoms with E-state index in [1.54, 1.807) is 4.31 Å². The second-order valence-electron chi connectivity index (χ2n) is 6.51. The molecule has 1 saturated heterocycles. The molecule has 0 spiro atoms. The van der Waals surface area contributed by atoms with Gasteiger partial charge in [-0.15, -0.1) is 0 Å². The topological polar surface area (TPSA) is 69.6 Å². The van der Waals surface area contributed by atoms with E-state index < -0.39 is 10.0 Å². The van der Waals surface area contributed by atoms with Crippen molar-refractivity contribution in [2.75, 3.05) is 32.5 Å². The smallest absolute Gasteiger partial charge is 0.211 e. The second-order valence-corrected chi connectivity index (χ2v) is 8.49. The molecule has 0 bridgehead atoms. The Morgan fingerprint density at radius 3 is 2.55 bits per heavy atom. The van der Waals surface area contributed by atoms with E-state index >= 15 is 0 Å². The van der Waals surface area contributed by atoms with Crippen LogP contribution in [0.4, 0.5) is 0 Å². The Kier molecular flexibility index (Phi) is 5.45. The molecule has 0 amide bonds. The Labute approximate surface area is 122 Å². The van der Waals surface area contributed by atoms with Crippen LogP contribution < -0.4 is 5.32 Å². The summed E-state index contributed by atoms with van der Waals surface area (Å²) in [5, 5.41) is 13.2. The number of aliphatic hydroxyl groups is 1. The number of piperidine rings is 1. The summed E-state index contributed by atoms with van der Waals surface area (Å²) in [5.74, 6) is 0.365. The highest BCUT2D eigenvalue weighted by Gasteiger charge is 2.33. The summed E-state index contributed by atoms with van der Waals surface area (Å²) in [7, 11) is -3.07. The molecule has 0 aromatic carbocycles. The average Bonchev–Trinajstić information content (AvgIpc) is 2.46. The monoisotopic (exact) mass is 304 g/mol. The Balaban J connectivity index is 1.86. The fraction of sp³-hybridized carbons (Fsp3) is 1.00. The molecule has 1 saturated carbocycles. The summed E-state index contributed by atoms with van der Waals surface area (Å²) < 4.78 is 24.8. The van der Waals surface area contributed by atoms with Gasteiger partial charge in [0.2, 0.25) is 10.0 Å². The number of sulfonamides is 1. The first-order chi connectivity index (χ1) is 9.45. The summed E-state index contributed by atoms with van der Waals surface area (Å²) >= 11 is 0. The summed E-state index contributed by atoms with van der Waals surface area (Å²) in [6.07, 6.45) is 8.97. The summed E-state index contributed by atoms with van der Waals surface area (Å²) in [4.78, 5) is 0. The zero-order chi connectivity index (χ0) is 14.6. The molecular weight excluding hydrogens is 276 g/mol. The third kappa shape index (κ3) is 4.16. The van der Waals surface area contributed by atoms with Crippen molar-refractivity contribution in [2.45, 2.75) is 50.5 Å². The predicted molar refractivity (Wildman–Crippen MR) is 80.0 cm³/mol. The van der Waals surface area contributed by atoms with Crippen molar-refractivity contribution < 1.29 is 13.5 Å². The number of aliphatic hydroxyl groups excluding tert-OH is 1. The first-order valence-corrected chi connectivity index (χ1v) is 9.61. The van der Waals surface area contributed by atoms with E-state index in [1.807, 2.05) is 0 Å². The largest absolute Gasteiger partial charge is 0.394 e. The van der Waals surface area contributed by atoms with Gasteiger partial charge in [0, 0.05) is 18.6 Å². The third-order valence-electron chi connectivity index (χ3n) is 4.83. The molecule has 0 aromatic rings. The van der Waals surface area contributed by atoms with Gasteiger partial charge in [0.05, 0.1) is 12.9 Å². The lowest BCUT2D eigenvalue weighted by Crippen LogP contribution is -2.53. The van der Waals surface area contributed by atoms with Crippen LogP contribution in [0.3, 0.4) is 0 Å². The number of nitrogens with zero attached hydrogens (tertiary/aromatic N) is 1. The average molecular weight is 304 g/mol. The number of hydrogen-bond donors (Lipinski definition) is 2. The lowest BCUT2D eigenvalue weighted by atomic mass is 9.82. The normalized spacial score (nSPS) is 28.4. The molecule has 1 aliphatic carbocycles. The van der Waals surface area contributed by atoms with E-state index in [0.717, 1.165) is 32.2 Å². The molecule has 20 heavy (non-hydrogen) atoms. The molecule has 2 fully saturated rings. The minimum Gasteiger partial charge on any atom is -0.394 e. The highest BCUT2D eigenvalue weighted by molar-refractivity contribution is 7.88. The highest BCUT2D eigenvalue weighted by atomic mass is 32.2. The van der Waals surface area contributed by atoms with Gasteiger partial charge in [-0.05, 0) is 38.1 Å². The summed E-state index contributed by atoms with van der Waals surface area (Å²) in [6, 6.07) is 0.